The normalized spacial score (nSPS) is 10.4. The number of aromatic nitrogens is 1. The highest BCUT2D eigenvalue weighted by molar-refractivity contribution is 7.98. The number of thioether (sulfide) groups is 1. The van der Waals surface area contributed by atoms with Gasteiger partial charge in [-0.1, -0.05) is 37.3 Å². The van der Waals surface area contributed by atoms with Gasteiger partial charge in [-0.15, -0.1) is 11.8 Å². The van der Waals surface area contributed by atoms with E-state index >= 15 is 0 Å². The lowest BCUT2D eigenvalue weighted by atomic mass is 10.1. The Kier molecular flexibility index (Phi) is 4.74. The fraction of sp³-hybridized carbons (Fsp3) is 0.250. The van der Waals surface area contributed by atoms with Crippen molar-refractivity contribution < 1.29 is 4.79 Å². The van der Waals surface area contributed by atoms with Gasteiger partial charge in [-0.05, 0) is 24.1 Å². The van der Waals surface area contributed by atoms with Crippen molar-refractivity contribution in [2.45, 2.75) is 31.0 Å². The van der Waals surface area contributed by atoms with Gasteiger partial charge in [0.25, 0.3) is 0 Å². The van der Waals surface area contributed by atoms with Crippen LogP contribution in [0, 0.1) is 6.92 Å². The molecule has 1 aromatic heterocycles. The summed E-state index contributed by atoms with van der Waals surface area (Å²) in [5, 5.41) is 0.967. The van der Waals surface area contributed by atoms with Crippen LogP contribution in [0.1, 0.15) is 34.8 Å². The zero-order valence-corrected chi connectivity index (χ0v) is 12.0. The Morgan fingerprint density at radius 1 is 1.26 bits per heavy atom. The second-order valence-electron chi connectivity index (χ2n) is 4.39. The number of pyridine rings is 1. The molecule has 1 heterocycles. The van der Waals surface area contributed by atoms with Crippen molar-refractivity contribution in [1.29, 1.82) is 0 Å². The highest BCUT2D eigenvalue weighted by Gasteiger charge is 2.08. The molecule has 0 unspecified atom stereocenters. The number of hydrogen-bond acceptors (Lipinski definition) is 3. The Morgan fingerprint density at radius 2 is 2.00 bits per heavy atom. The molecule has 0 aliphatic heterocycles. The standard InChI is InChI=1S/C16H17NOS/c1-3-15(18)14-10-17-16(9-12(14)2)19-11-13-7-5-4-6-8-13/h4-10H,3,11H2,1-2H3. The van der Waals surface area contributed by atoms with E-state index in [9.17, 15) is 4.79 Å². The first kappa shape index (κ1) is 13.8. The molecule has 0 spiro atoms. The predicted octanol–water partition coefficient (Wildman–Crippen LogP) is 4.28. The lowest BCUT2D eigenvalue weighted by molar-refractivity contribution is 0.0987. The van der Waals surface area contributed by atoms with Gasteiger partial charge in [-0.2, -0.15) is 0 Å². The van der Waals surface area contributed by atoms with Crippen molar-refractivity contribution in [3.8, 4) is 0 Å². The van der Waals surface area contributed by atoms with Crippen LogP contribution in [0.2, 0.25) is 0 Å². The Morgan fingerprint density at radius 3 is 2.63 bits per heavy atom. The number of carbonyl (C=O) groups is 1. The maximum atomic E-state index is 11.7. The summed E-state index contributed by atoms with van der Waals surface area (Å²) in [5.41, 5.74) is 3.03. The molecule has 0 saturated carbocycles. The maximum Gasteiger partial charge on any atom is 0.164 e. The summed E-state index contributed by atoms with van der Waals surface area (Å²) in [4.78, 5) is 16.0. The fourth-order valence-electron chi connectivity index (χ4n) is 1.82. The number of benzene rings is 1. The van der Waals surface area contributed by atoms with Gasteiger partial charge in [0.05, 0.1) is 5.03 Å². The van der Waals surface area contributed by atoms with Crippen molar-refractivity contribution in [2.24, 2.45) is 0 Å². The average molecular weight is 271 g/mol. The minimum absolute atomic E-state index is 0.157. The van der Waals surface area contributed by atoms with Crippen LogP contribution in [0.15, 0.2) is 47.6 Å². The largest absolute Gasteiger partial charge is 0.294 e. The number of hydrogen-bond donors (Lipinski definition) is 0. The van der Waals surface area contributed by atoms with Crippen LogP contribution < -0.4 is 0 Å². The van der Waals surface area contributed by atoms with Crippen molar-refractivity contribution in [1.82, 2.24) is 4.98 Å². The van der Waals surface area contributed by atoms with Crippen molar-refractivity contribution in [3.05, 3.63) is 59.3 Å². The lowest BCUT2D eigenvalue weighted by Crippen LogP contribution is -2.01. The fourth-order valence-corrected chi connectivity index (χ4v) is 2.72. The molecule has 0 aliphatic rings. The molecule has 2 aromatic rings. The summed E-state index contributed by atoms with van der Waals surface area (Å²) in [5.74, 6) is 1.05. The van der Waals surface area contributed by atoms with Crippen LogP contribution in [-0.4, -0.2) is 10.8 Å². The van der Waals surface area contributed by atoms with E-state index in [1.165, 1.54) is 5.56 Å². The first-order chi connectivity index (χ1) is 9.20. The first-order valence-electron chi connectivity index (χ1n) is 6.37. The van der Waals surface area contributed by atoms with Crippen molar-refractivity contribution >= 4 is 17.5 Å². The average Bonchev–Trinajstić information content (AvgIpc) is 2.45. The summed E-state index contributed by atoms with van der Waals surface area (Å²) in [7, 11) is 0. The topological polar surface area (TPSA) is 30.0 Å². The van der Waals surface area contributed by atoms with Gasteiger partial charge in [-0.3, -0.25) is 4.79 Å². The third kappa shape index (κ3) is 3.67. The molecule has 2 nitrogen and oxygen atoms in total. The summed E-state index contributed by atoms with van der Waals surface area (Å²) in [6, 6.07) is 12.3. The lowest BCUT2D eigenvalue weighted by Gasteiger charge is -2.06. The highest BCUT2D eigenvalue weighted by Crippen LogP contribution is 2.23. The van der Waals surface area contributed by atoms with Crippen LogP contribution in [0.5, 0.6) is 0 Å². The number of aryl methyl sites for hydroxylation is 1. The van der Waals surface area contributed by atoms with E-state index < -0.39 is 0 Å². The van der Waals surface area contributed by atoms with Crippen molar-refractivity contribution in [2.75, 3.05) is 0 Å². The van der Waals surface area contributed by atoms with Crippen molar-refractivity contribution in [3.63, 3.8) is 0 Å². The minimum Gasteiger partial charge on any atom is -0.294 e. The molecule has 98 valence electrons. The molecule has 0 amide bonds. The molecule has 0 bridgehead atoms. The van der Waals surface area contributed by atoms with Gasteiger partial charge >= 0.3 is 0 Å². The number of nitrogens with zero attached hydrogens (tertiary/aromatic N) is 1. The quantitative estimate of drug-likeness (QED) is 0.600. The maximum absolute atomic E-state index is 11.7. The molecule has 3 heteroatoms. The SMILES string of the molecule is CCC(=O)c1cnc(SCc2ccccc2)cc1C. The first-order valence-corrected chi connectivity index (χ1v) is 7.36. The van der Waals surface area contributed by atoms with Gasteiger partial charge in [-0.25, -0.2) is 4.98 Å². The Bertz CT molecular complexity index is 566. The molecule has 1 aromatic carbocycles. The molecular weight excluding hydrogens is 254 g/mol. The highest BCUT2D eigenvalue weighted by atomic mass is 32.2. The molecule has 0 aliphatic carbocycles. The minimum atomic E-state index is 0.157. The van der Waals surface area contributed by atoms with E-state index in [-0.39, 0.29) is 5.78 Å². The van der Waals surface area contributed by atoms with Crippen LogP contribution in [0.3, 0.4) is 0 Å². The molecular formula is C16H17NOS. The molecule has 2 rings (SSSR count). The third-order valence-electron chi connectivity index (χ3n) is 2.94. The Labute approximate surface area is 118 Å². The van der Waals surface area contributed by atoms with Gasteiger partial charge in [0.2, 0.25) is 0 Å². The Hall–Kier alpha value is -1.61. The summed E-state index contributed by atoms with van der Waals surface area (Å²) in [6.45, 7) is 3.84. The zero-order chi connectivity index (χ0) is 13.7. The molecule has 0 atom stereocenters. The van der Waals surface area contributed by atoms with Gasteiger partial charge in [0, 0.05) is 23.9 Å². The van der Waals surface area contributed by atoms with Gasteiger partial charge < -0.3 is 0 Å². The molecule has 19 heavy (non-hydrogen) atoms. The number of rotatable bonds is 5. The molecule has 0 fully saturated rings. The van der Waals surface area contributed by atoms with Crippen LogP contribution in [-0.2, 0) is 5.75 Å². The number of ketones is 1. The van der Waals surface area contributed by atoms with Gasteiger partial charge in [0.15, 0.2) is 5.78 Å². The van der Waals surface area contributed by atoms with E-state index in [4.69, 9.17) is 0 Å². The molecule has 0 saturated heterocycles. The summed E-state index contributed by atoms with van der Waals surface area (Å²) >= 11 is 1.69. The molecule has 0 N–H and O–H groups in total. The second-order valence-corrected chi connectivity index (χ2v) is 5.38. The summed E-state index contributed by atoms with van der Waals surface area (Å²) in [6.07, 6.45) is 2.23. The van der Waals surface area contributed by atoms with Gasteiger partial charge in [0.1, 0.15) is 0 Å². The Balaban J connectivity index is 2.06. The molecule has 0 radical (unpaired) electrons. The van der Waals surface area contributed by atoms with Crippen LogP contribution in [0.25, 0.3) is 0 Å². The predicted molar refractivity (Wildman–Crippen MR) is 79.6 cm³/mol. The number of Topliss-reactive ketones (excluding diaryl/α,β-unsaturated/α-hetero) is 1. The van der Waals surface area contributed by atoms with Crippen LogP contribution in [0.4, 0.5) is 0 Å². The van der Waals surface area contributed by atoms with Crippen LogP contribution >= 0.6 is 11.8 Å². The van der Waals surface area contributed by atoms with E-state index in [1.807, 2.05) is 38.1 Å². The van der Waals surface area contributed by atoms with E-state index in [0.29, 0.717) is 6.42 Å². The van der Waals surface area contributed by atoms with E-state index in [0.717, 1.165) is 21.9 Å². The second kappa shape index (κ2) is 6.53. The van der Waals surface area contributed by atoms with E-state index in [1.54, 1.807) is 18.0 Å². The smallest absolute Gasteiger partial charge is 0.164 e. The third-order valence-corrected chi connectivity index (χ3v) is 3.93. The van der Waals surface area contributed by atoms with E-state index in [2.05, 4.69) is 17.1 Å². The number of carbonyl (C=O) groups excluding carboxylic acids is 1. The summed E-state index contributed by atoms with van der Waals surface area (Å²) < 4.78 is 0. The monoisotopic (exact) mass is 271 g/mol. The zero-order valence-electron chi connectivity index (χ0n) is 11.2.